The van der Waals surface area contributed by atoms with Gasteiger partial charge in [0.25, 0.3) is 0 Å². The van der Waals surface area contributed by atoms with Crippen molar-refractivity contribution in [1.82, 2.24) is 19.5 Å². The fourth-order valence-electron chi connectivity index (χ4n) is 7.60. The average Bonchev–Trinajstić information content (AvgIpc) is 3.87. The van der Waals surface area contributed by atoms with Gasteiger partial charge in [-0.3, -0.25) is 0 Å². The minimum atomic E-state index is 0.599. The zero-order valence-electron chi connectivity index (χ0n) is 27.1. The molecule has 0 radical (unpaired) electrons. The van der Waals surface area contributed by atoms with E-state index in [1.54, 1.807) is 11.3 Å². The highest BCUT2D eigenvalue weighted by Crippen LogP contribution is 2.44. The molecule has 5 nitrogen and oxygen atoms in total. The van der Waals surface area contributed by atoms with Crippen LogP contribution in [-0.2, 0) is 0 Å². The third-order valence-electron chi connectivity index (χ3n) is 9.85. The lowest BCUT2D eigenvalue weighted by atomic mass is 10.0. The van der Waals surface area contributed by atoms with Crippen LogP contribution in [0.2, 0.25) is 0 Å². The van der Waals surface area contributed by atoms with Gasteiger partial charge >= 0.3 is 0 Å². The molecule has 11 rings (SSSR count). The van der Waals surface area contributed by atoms with Crippen LogP contribution in [0.5, 0.6) is 0 Å². The molecule has 11 aromatic rings. The monoisotopic (exact) mass is 670 g/mol. The van der Waals surface area contributed by atoms with E-state index in [-0.39, 0.29) is 0 Å². The molecule has 0 N–H and O–H groups in total. The fraction of sp³-hybridized carbons (Fsp3) is 0. The molecule has 0 fully saturated rings. The molecule has 6 heteroatoms. The van der Waals surface area contributed by atoms with Crippen LogP contribution in [0.1, 0.15) is 0 Å². The van der Waals surface area contributed by atoms with Crippen molar-refractivity contribution in [2.75, 3.05) is 0 Å². The normalized spacial score (nSPS) is 11.9. The van der Waals surface area contributed by atoms with Crippen LogP contribution in [0.25, 0.3) is 104 Å². The van der Waals surface area contributed by atoms with Crippen molar-refractivity contribution in [3.63, 3.8) is 0 Å². The zero-order chi connectivity index (χ0) is 33.5. The zero-order valence-corrected chi connectivity index (χ0v) is 27.9. The van der Waals surface area contributed by atoms with Gasteiger partial charge in [-0.25, -0.2) is 15.0 Å². The Labute approximate surface area is 295 Å². The van der Waals surface area contributed by atoms with Crippen molar-refractivity contribution in [2.45, 2.75) is 0 Å². The third kappa shape index (κ3) is 4.30. The molecule has 0 atom stereocenters. The molecule has 0 aliphatic rings. The molecule has 4 heterocycles. The predicted octanol–water partition coefficient (Wildman–Crippen LogP) is 12.2. The summed E-state index contributed by atoms with van der Waals surface area (Å²) >= 11 is 1.81. The SMILES string of the molecule is c1ccc(-c2nc(-c3ccc4sc5ccccc5c4c3)nc(-c3cccc4oc5ccc6c7ccccc7n(-c7ccccc7)c6c5c34)n2)cc1. The van der Waals surface area contributed by atoms with E-state index >= 15 is 0 Å². The number of para-hydroxylation sites is 2. The molecular formula is C45H26N4OS. The van der Waals surface area contributed by atoms with Crippen LogP contribution in [0.4, 0.5) is 0 Å². The minimum absolute atomic E-state index is 0.599. The van der Waals surface area contributed by atoms with Crippen molar-refractivity contribution in [3.8, 4) is 39.9 Å². The summed E-state index contributed by atoms with van der Waals surface area (Å²) < 4.78 is 11.5. The molecule has 0 spiro atoms. The lowest BCUT2D eigenvalue weighted by Gasteiger charge is -2.11. The highest BCUT2D eigenvalue weighted by atomic mass is 32.1. The van der Waals surface area contributed by atoms with Gasteiger partial charge in [-0.05, 0) is 60.7 Å². The Hall–Kier alpha value is -6.63. The Bertz CT molecular complexity index is 3140. The van der Waals surface area contributed by atoms with Crippen LogP contribution >= 0.6 is 11.3 Å². The first-order chi connectivity index (χ1) is 25.3. The number of rotatable bonds is 4. The lowest BCUT2D eigenvalue weighted by molar-refractivity contribution is 0.669. The van der Waals surface area contributed by atoms with E-state index < -0.39 is 0 Å². The summed E-state index contributed by atoms with van der Waals surface area (Å²) in [6.07, 6.45) is 0. The maximum Gasteiger partial charge on any atom is 0.164 e. The minimum Gasteiger partial charge on any atom is -0.456 e. The van der Waals surface area contributed by atoms with E-state index in [9.17, 15) is 0 Å². The quantitative estimate of drug-likeness (QED) is 0.187. The van der Waals surface area contributed by atoms with E-state index in [2.05, 4.69) is 120 Å². The Morgan fingerprint density at radius 2 is 1.14 bits per heavy atom. The lowest BCUT2D eigenvalue weighted by Crippen LogP contribution is -2.00. The summed E-state index contributed by atoms with van der Waals surface area (Å²) in [5.41, 5.74) is 7.70. The largest absolute Gasteiger partial charge is 0.456 e. The number of furan rings is 1. The van der Waals surface area contributed by atoms with Crippen molar-refractivity contribution < 1.29 is 4.42 Å². The van der Waals surface area contributed by atoms with Gasteiger partial charge in [0.1, 0.15) is 11.2 Å². The fourth-order valence-corrected chi connectivity index (χ4v) is 8.68. The molecule has 0 saturated heterocycles. The molecule has 0 aliphatic carbocycles. The summed E-state index contributed by atoms with van der Waals surface area (Å²) in [5.74, 6) is 1.85. The standard InChI is InChI=1S/C45H26N4OS/c1-3-12-27(13-4-1)43-46-44(28-22-25-39-34(26-28)31-17-8-10-21-38(31)51-39)48-45(47-43)33-18-11-20-36-40(33)41-37(50-36)24-23-32-30-16-7-9-19-35(30)49(42(32)41)29-14-5-2-6-15-29/h1-26H. The number of nitrogens with zero attached hydrogens (tertiary/aromatic N) is 4. The van der Waals surface area contributed by atoms with Gasteiger partial charge in [-0.2, -0.15) is 0 Å². The summed E-state index contributed by atoms with van der Waals surface area (Å²) in [7, 11) is 0. The van der Waals surface area contributed by atoms with E-state index in [1.165, 1.54) is 25.6 Å². The molecule has 4 aromatic heterocycles. The van der Waals surface area contributed by atoms with Crippen molar-refractivity contribution in [3.05, 3.63) is 158 Å². The first kappa shape index (κ1) is 28.2. The molecule has 238 valence electrons. The van der Waals surface area contributed by atoms with Crippen molar-refractivity contribution in [1.29, 1.82) is 0 Å². The number of fused-ring (bicyclic) bond motifs is 10. The molecular weight excluding hydrogens is 645 g/mol. The average molecular weight is 671 g/mol. The van der Waals surface area contributed by atoms with Gasteiger partial charge in [0.2, 0.25) is 0 Å². The van der Waals surface area contributed by atoms with Gasteiger partial charge in [-0.15, -0.1) is 11.3 Å². The second-order valence-electron chi connectivity index (χ2n) is 12.8. The first-order valence-corrected chi connectivity index (χ1v) is 17.8. The highest BCUT2D eigenvalue weighted by Gasteiger charge is 2.23. The summed E-state index contributed by atoms with van der Waals surface area (Å²) in [6, 6.07) is 54.8. The molecule has 7 aromatic carbocycles. The predicted molar refractivity (Wildman–Crippen MR) is 211 cm³/mol. The second-order valence-corrected chi connectivity index (χ2v) is 13.9. The maximum atomic E-state index is 6.64. The Kier molecular flexibility index (Phi) is 6.05. The maximum absolute atomic E-state index is 6.64. The third-order valence-corrected chi connectivity index (χ3v) is 11.0. The van der Waals surface area contributed by atoms with Gasteiger partial charge in [0.15, 0.2) is 17.5 Å². The highest BCUT2D eigenvalue weighted by molar-refractivity contribution is 7.25. The van der Waals surface area contributed by atoms with Gasteiger partial charge in [0, 0.05) is 58.7 Å². The number of thiophene rings is 1. The first-order valence-electron chi connectivity index (χ1n) is 16.9. The van der Waals surface area contributed by atoms with Crippen LogP contribution in [0.3, 0.4) is 0 Å². The summed E-state index contributed by atoms with van der Waals surface area (Å²) in [5, 5.41) is 6.81. The molecule has 0 amide bonds. The van der Waals surface area contributed by atoms with Crippen molar-refractivity contribution in [2.24, 2.45) is 0 Å². The van der Waals surface area contributed by atoms with E-state index in [0.717, 1.165) is 60.7 Å². The molecule has 51 heavy (non-hydrogen) atoms. The summed E-state index contributed by atoms with van der Waals surface area (Å²) in [4.78, 5) is 15.5. The Morgan fingerprint density at radius 1 is 0.451 bits per heavy atom. The number of hydrogen-bond acceptors (Lipinski definition) is 5. The van der Waals surface area contributed by atoms with Gasteiger partial charge in [-0.1, -0.05) is 97.1 Å². The van der Waals surface area contributed by atoms with E-state index in [0.29, 0.717) is 17.5 Å². The van der Waals surface area contributed by atoms with Gasteiger partial charge < -0.3 is 8.98 Å². The molecule has 0 aliphatic heterocycles. The van der Waals surface area contributed by atoms with Crippen LogP contribution in [-0.4, -0.2) is 19.5 Å². The molecule has 0 unspecified atom stereocenters. The number of hydrogen-bond donors (Lipinski definition) is 0. The van der Waals surface area contributed by atoms with Crippen LogP contribution in [0, 0.1) is 0 Å². The van der Waals surface area contributed by atoms with E-state index in [4.69, 9.17) is 19.4 Å². The number of aromatic nitrogens is 4. The second kappa shape index (κ2) is 10.9. The van der Waals surface area contributed by atoms with Crippen LogP contribution in [0.15, 0.2) is 162 Å². The Morgan fingerprint density at radius 3 is 2.00 bits per heavy atom. The van der Waals surface area contributed by atoms with E-state index in [1.807, 2.05) is 42.5 Å². The van der Waals surface area contributed by atoms with Crippen molar-refractivity contribution >= 4 is 75.3 Å². The molecule has 0 saturated carbocycles. The van der Waals surface area contributed by atoms with Crippen LogP contribution < -0.4 is 0 Å². The topological polar surface area (TPSA) is 56.7 Å². The smallest absolute Gasteiger partial charge is 0.164 e. The number of benzene rings is 7. The van der Waals surface area contributed by atoms with Gasteiger partial charge in [0.05, 0.1) is 16.4 Å². The Balaban J connectivity index is 1.23. The molecule has 0 bridgehead atoms. The summed E-state index contributed by atoms with van der Waals surface area (Å²) in [6.45, 7) is 0.